The van der Waals surface area contributed by atoms with Gasteiger partial charge in [0.05, 0.1) is 17.2 Å². The average Bonchev–Trinajstić information content (AvgIpc) is 3.53. The largest absolute Gasteiger partial charge is 1.00 e. The first kappa shape index (κ1) is 39.2. The molecule has 2 aliphatic heterocycles. The van der Waals surface area contributed by atoms with E-state index in [4.69, 9.17) is 10.2 Å². The van der Waals surface area contributed by atoms with Crippen LogP contribution in [0.4, 0.5) is 0 Å². The summed E-state index contributed by atoms with van der Waals surface area (Å²) in [5.74, 6) is 2.09. The molecule has 14 nitrogen and oxygen atoms in total. The summed E-state index contributed by atoms with van der Waals surface area (Å²) >= 11 is 3.10. The molecule has 0 unspecified atom stereocenters. The zero-order valence-electron chi connectivity index (χ0n) is 26.2. The molecule has 256 valence electrons. The number of carbonyl (C=O) groups is 3. The SMILES string of the molecule is CC1(C)S[C@@H]2[C@H](NC(=O)[C@H](N)c3ccccc3)C(=O)N2[C@H]1C(=O)O.CN/C(=C/[N+](=O)[O-])NCCSCc1ccc(CN(C)C)o1.[Au+]. The molecule has 4 rings (SSSR count). The van der Waals surface area contributed by atoms with Crippen LogP contribution in [-0.2, 0) is 49.1 Å². The fourth-order valence-corrected chi connectivity index (χ4v) is 7.20. The molecule has 0 spiro atoms. The van der Waals surface area contributed by atoms with Gasteiger partial charge >= 0.3 is 28.3 Å². The van der Waals surface area contributed by atoms with E-state index < -0.39 is 39.7 Å². The molecule has 17 heteroatoms. The number of hydrogen-bond acceptors (Lipinski definition) is 12. The third-order valence-electron chi connectivity index (χ3n) is 6.91. The fraction of sp³-hybridized carbons (Fsp3) is 0.483. The van der Waals surface area contributed by atoms with Crippen LogP contribution >= 0.6 is 23.5 Å². The van der Waals surface area contributed by atoms with Crippen LogP contribution in [0.15, 0.2) is 58.9 Å². The molecule has 2 fully saturated rings. The molecule has 1 aromatic heterocycles. The van der Waals surface area contributed by atoms with Gasteiger partial charge in [0.2, 0.25) is 11.8 Å². The first-order valence-electron chi connectivity index (χ1n) is 14.2. The summed E-state index contributed by atoms with van der Waals surface area (Å²) in [5.41, 5.74) is 6.59. The molecular formula is C29H41AuN7O7S2+. The Bertz CT molecular complexity index is 1380. The number of nitrogens with zero attached hydrogens (tertiary/aromatic N) is 3. The van der Waals surface area contributed by atoms with E-state index in [1.165, 1.54) is 16.7 Å². The second kappa shape index (κ2) is 17.8. The molecule has 6 N–H and O–H groups in total. The van der Waals surface area contributed by atoms with E-state index in [0.29, 0.717) is 17.9 Å². The number of aliphatic carboxylic acids is 1. The molecule has 0 saturated carbocycles. The topological polar surface area (TPSA) is 196 Å². The van der Waals surface area contributed by atoms with Crippen LogP contribution in [0.3, 0.4) is 0 Å². The van der Waals surface area contributed by atoms with Gasteiger partial charge in [0.25, 0.3) is 6.20 Å². The Morgan fingerprint density at radius 3 is 2.48 bits per heavy atom. The zero-order chi connectivity index (χ0) is 33.3. The number of carboxylic acid groups (broad SMARTS) is 1. The number of fused-ring (bicyclic) bond motifs is 1. The minimum Gasteiger partial charge on any atom is -0.480 e. The van der Waals surface area contributed by atoms with Crippen LogP contribution in [0.2, 0.25) is 0 Å². The van der Waals surface area contributed by atoms with E-state index in [1.54, 1.807) is 56.9 Å². The third-order valence-corrected chi connectivity index (χ3v) is 9.47. The number of benzene rings is 1. The van der Waals surface area contributed by atoms with Crippen molar-refractivity contribution in [2.24, 2.45) is 5.73 Å². The molecule has 2 aliphatic rings. The van der Waals surface area contributed by atoms with Gasteiger partial charge in [0.15, 0.2) is 5.82 Å². The van der Waals surface area contributed by atoms with Crippen molar-refractivity contribution in [2.45, 2.75) is 54.4 Å². The van der Waals surface area contributed by atoms with Gasteiger partial charge in [-0.2, -0.15) is 11.8 Å². The maximum Gasteiger partial charge on any atom is 1.00 e. The summed E-state index contributed by atoms with van der Waals surface area (Å²) in [5, 5.41) is 27.7. The van der Waals surface area contributed by atoms with Crippen molar-refractivity contribution in [3.8, 4) is 0 Å². The van der Waals surface area contributed by atoms with Crippen LogP contribution in [-0.4, -0.2) is 93.3 Å². The smallest absolute Gasteiger partial charge is 0.480 e. The first-order chi connectivity index (χ1) is 21.2. The monoisotopic (exact) mass is 860 g/mol. The number of amides is 2. The van der Waals surface area contributed by atoms with Crippen LogP contribution in [0, 0.1) is 10.1 Å². The predicted molar refractivity (Wildman–Crippen MR) is 173 cm³/mol. The number of nitro groups is 1. The van der Waals surface area contributed by atoms with E-state index in [9.17, 15) is 29.6 Å². The molecule has 1 aromatic carbocycles. The zero-order valence-corrected chi connectivity index (χ0v) is 30.0. The Morgan fingerprint density at radius 1 is 1.24 bits per heavy atom. The molecule has 0 bridgehead atoms. The van der Waals surface area contributed by atoms with Gasteiger partial charge in [-0.1, -0.05) is 30.3 Å². The maximum atomic E-state index is 12.3. The minimum absolute atomic E-state index is 0. The summed E-state index contributed by atoms with van der Waals surface area (Å²) in [6, 6.07) is 10.4. The predicted octanol–water partition coefficient (Wildman–Crippen LogP) is 1.77. The Kier molecular flexibility index (Phi) is 15.2. The van der Waals surface area contributed by atoms with Crippen LogP contribution in [0.5, 0.6) is 0 Å². The van der Waals surface area contributed by atoms with Gasteiger partial charge in [0.1, 0.15) is 35.0 Å². The Morgan fingerprint density at radius 2 is 1.89 bits per heavy atom. The van der Waals surface area contributed by atoms with Crippen LogP contribution in [0.25, 0.3) is 0 Å². The number of furan rings is 1. The van der Waals surface area contributed by atoms with Crippen molar-refractivity contribution in [3.63, 3.8) is 0 Å². The van der Waals surface area contributed by atoms with Gasteiger partial charge in [-0.3, -0.25) is 19.7 Å². The molecule has 0 radical (unpaired) electrons. The van der Waals surface area contributed by atoms with Crippen LogP contribution in [0.1, 0.15) is 37.0 Å². The van der Waals surface area contributed by atoms with Gasteiger partial charge < -0.3 is 41.0 Å². The van der Waals surface area contributed by atoms with Crippen molar-refractivity contribution in [2.75, 3.05) is 33.4 Å². The molecule has 3 heterocycles. The molecule has 2 saturated heterocycles. The summed E-state index contributed by atoms with van der Waals surface area (Å²) < 4.78 is 5.08. The van der Waals surface area contributed by atoms with E-state index in [2.05, 4.69) is 20.9 Å². The summed E-state index contributed by atoms with van der Waals surface area (Å²) in [7, 11) is 5.64. The Balaban J connectivity index is 0.000000317. The van der Waals surface area contributed by atoms with Gasteiger partial charge in [-0.25, -0.2) is 4.79 Å². The standard InChI is InChI=1S/C16H19N3O4S.C13H22N4O3S.Au/c1-16(2)11(15(22)23)19-13(21)10(14(19)24-16)18-12(20)9(17)8-6-4-3-5-7-8;1-14-13(9-17(18)19)15-6-7-21-10-12-5-4-11(20-12)8-16(2)3;/h3-7,9-11,14H,17H2,1-2H3,(H,18,20)(H,22,23);4-5,9,14-15H,6-8,10H2,1-3H3;/q;;+1/b;13-9-;/t9-,10-,11+,14-;;/m1../s1. The summed E-state index contributed by atoms with van der Waals surface area (Å²) in [6.07, 6.45) is 0.921. The normalized spacial score (nSPS) is 20.3. The molecule has 2 aromatic rings. The fourth-order valence-electron chi connectivity index (χ4n) is 4.83. The van der Waals surface area contributed by atoms with Crippen LogP contribution < -0.4 is 21.7 Å². The van der Waals surface area contributed by atoms with E-state index in [0.717, 1.165) is 35.8 Å². The minimum atomic E-state index is -1.03. The van der Waals surface area contributed by atoms with E-state index in [1.807, 2.05) is 32.3 Å². The quantitative estimate of drug-likeness (QED) is 0.0607. The van der Waals surface area contributed by atoms with Crippen molar-refractivity contribution in [1.82, 2.24) is 25.8 Å². The Hall–Kier alpha value is -2.99. The molecule has 0 aliphatic carbocycles. The average molecular weight is 861 g/mol. The number of hydrogen-bond donors (Lipinski definition) is 5. The number of carbonyl (C=O) groups excluding carboxylic acids is 2. The molecule has 2 amide bonds. The molecule has 46 heavy (non-hydrogen) atoms. The number of carboxylic acids is 1. The van der Waals surface area contributed by atoms with E-state index in [-0.39, 0.29) is 33.7 Å². The van der Waals surface area contributed by atoms with Crippen molar-refractivity contribution < 1.29 is 51.2 Å². The van der Waals surface area contributed by atoms with E-state index >= 15 is 0 Å². The third kappa shape index (κ3) is 10.5. The second-order valence-corrected chi connectivity index (χ2v) is 14.0. The molecule has 4 atom stereocenters. The van der Waals surface area contributed by atoms with Crippen molar-refractivity contribution >= 4 is 41.3 Å². The number of nitrogens with one attached hydrogen (secondary N) is 3. The summed E-state index contributed by atoms with van der Waals surface area (Å²) in [6.45, 7) is 5.02. The second-order valence-electron chi connectivity index (χ2n) is 11.1. The van der Waals surface area contributed by atoms with Crippen molar-refractivity contribution in [1.29, 1.82) is 0 Å². The number of rotatable bonds is 14. The Labute approximate surface area is 292 Å². The number of nitrogens with two attached hydrogens (primary N) is 1. The maximum absolute atomic E-state index is 12.3. The van der Waals surface area contributed by atoms with Gasteiger partial charge in [-0.05, 0) is 45.6 Å². The number of thioether (sulfide) groups is 2. The summed E-state index contributed by atoms with van der Waals surface area (Å²) in [4.78, 5) is 49.4. The molecular weight excluding hydrogens is 819 g/mol. The van der Waals surface area contributed by atoms with Gasteiger partial charge in [-0.15, -0.1) is 11.8 Å². The number of β-lactam (4-membered cyclic amide) rings is 1. The van der Waals surface area contributed by atoms with Crippen molar-refractivity contribution in [3.05, 3.63) is 81.7 Å². The first-order valence-corrected chi connectivity index (χ1v) is 16.2. The van der Waals surface area contributed by atoms with Gasteiger partial charge in [0, 0.05) is 24.1 Å².